The maximum Gasteiger partial charge on any atom is 0.191 e. The van der Waals surface area contributed by atoms with E-state index in [-0.39, 0.29) is 18.6 Å². The molecular weight excluding hydrogens is 428 g/mol. The van der Waals surface area contributed by atoms with Gasteiger partial charge in [-0.3, -0.25) is 0 Å². The molecule has 0 amide bonds. The van der Waals surface area contributed by atoms with E-state index in [4.69, 9.17) is 22.7 Å². The number of hydrogen-bond acceptors (Lipinski definition) is 9. The zero-order valence-electron chi connectivity index (χ0n) is 15.5. The number of aliphatic hydroxyl groups excluding tert-OH is 1. The minimum absolute atomic E-state index is 0.111. The van der Waals surface area contributed by atoms with Crippen LogP contribution in [0, 0.1) is 11.3 Å². The van der Waals surface area contributed by atoms with Crippen LogP contribution in [0.1, 0.15) is 12.0 Å². The molecule has 0 aliphatic carbocycles. The summed E-state index contributed by atoms with van der Waals surface area (Å²) in [6.45, 7) is 3.62. The summed E-state index contributed by atoms with van der Waals surface area (Å²) in [4.78, 5) is 13.4. The van der Waals surface area contributed by atoms with E-state index >= 15 is 0 Å². The average molecular weight is 449 g/mol. The Morgan fingerprint density at radius 1 is 1.34 bits per heavy atom. The van der Waals surface area contributed by atoms with Crippen molar-refractivity contribution in [2.45, 2.75) is 23.4 Å². The van der Waals surface area contributed by atoms with Crippen molar-refractivity contribution in [1.29, 1.82) is 5.41 Å². The van der Waals surface area contributed by atoms with Gasteiger partial charge in [0.15, 0.2) is 21.8 Å². The fourth-order valence-electron chi connectivity index (χ4n) is 2.67. The van der Waals surface area contributed by atoms with Crippen LogP contribution >= 0.6 is 34.7 Å². The highest BCUT2D eigenvalue weighted by Crippen LogP contribution is 2.32. The van der Waals surface area contributed by atoms with E-state index in [0.29, 0.717) is 38.9 Å². The third-order valence-electron chi connectivity index (χ3n) is 4.20. The van der Waals surface area contributed by atoms with Gasteiger partial charge in [-0.05, 0) is 18.1 Å². The SMILES string of the molecule is C=CC(C=N)C[C@H](CO)Nc1nc(SCc2ccccc2Cl)nc2nc(N)sc12. The number of nitrogen functional groups attached to an aromatic ring is 1. The van der Waals surface area contributed by atoms with E-state index in [1.807, 2.05) is 24.3 Å². The number of nitrogens with one attached hydrogen (secondary N) is 2. The zero-order chi connectivity index (χ0) is 20.8. The second-order valence-electron chi connectivity index (χ2n) is 6.27. The lowest BCUT2D eigenvalue weighted by molar-refractivity contribution is 0.266. The number of rotatable bonds is 10. The van der Waals surface area contributed by atoms with E-state index in [2.05, 4.69) is 26.8 Å². The molecule has 1 unspecified atom stereocenters. The van der Waals surface area contributed by atoms with Crippen molar-refractivity contribution in [2.75, 3.05) is 17.7 Å². The van der Waals surface area contributed by atoms with Gasteiger partial charge in [0.25, 0.3) is 0 Å². The van der Waals surface area contributed by atoms with Crippen molar-refractivity contribution in [3.05, 3.63) is 47.5 Å². The Labute approximate surface area is 181 Å². The minimum atomic E-state index is -0.303. The van der Waals surface area contributed by atoms with Crippen molar-refractivity contribution in [3.8, 4) is 0 Å². The molecule has 0 bridgehead atoms. The average Bonchev–Trinajstić information content (AvgIpc) is 3.10. The normalized spacial score (nSPS) is 13.2. The molecule has 0 radical (unpaired) electrons. The van der Waals surface area contributed by atoms with Gasteiger partial charge in [-0.25, -0.2) is 15.0 Å². The van der Waals surface area contributed by atoms with Crippen LogP contribution in [0.3, 0.4) is 0 Å². The number of anilines is 2. The molecule has 7 nitrogen and oxygen atoms in total. The lowest BCUT2D eigenvalue weighted by atomic mass is 10.0. The van der Waals surface area contributed by atoms with Crippen molar-refractivity contribution >= 4 is 62.2 Å². The number of allylic oxidation sites excluding steroid dienone is 1. The quantitative estimate of drug-likeness (QED) is 0.158. The number of aromatic nitrogens is 3. The number of aliphatic hydroxyl groups is 1. The molecule has 2 aromatic heterocycles. The molecule has 2 heterocycles. The van der Waals surface area contributed by atoms with Gasteiger partial charge in [-0.2, -0.15) is 0 Å². The molecule has 0 saturated carbocycles. The van der Waals surface area contributed by atoms with Crippen LogP contribution < -0.4 is 11.1 Å². The smallest absolute Gasteiger partial charge is 0.191 e. The third-order valence-corrected chi connectivity index (χ3v) is 6.34. The van der Waals surface area contributed by atoms with E-state index in [1.165, 1.54) is 29.3 Å². The molecule has 0 aliphatic rings. The molecule has 0 aliphatic heterocycles. The fraction of sp³-hybridized carbons (Fsp3) is 0.263. The highest BCUT2D eigenvalue weighted by Gasteiger charge is 2.18. The third kappa shape index (κ3) is 5.45. The summed E-state index contributed by atoms with van der Waals surface area (Å²) in [5.74, 6) is 1.04. The zero-order valence-corrected chi connectivity index (χ0v) is 17.9. The monoisotopic (exact) mass is 448 g/mol. The van der Waals surface area contributed by atoms with Crippen LogP contribution in [0.5, 0.6) is 0 Å². The first-order valence-electron chi connectivity index (χ1n) is 8.84. The van der Waals surface area contributed by atoms with Gasteiger partial charge in [0.2, 0.25) is 0 Å². The highest BCUT2D eigenvalue weighted by molar-refractivity contribution is 7.98. The summed E-state index contributed by atoms with van der Waals surface area (Å²) in [7, 11) is 0. The first-order chi connectivity index (χ1) is 14.0. The molecule has 0 fully saturated rings. The summed E-state index contributed by atoms with van der Waals surface area (Å²) in [5, 5.41) is 22.1. The molecule has 1 aromatic carbocycles. The first-order valence-corrected chi connectivity index (χ1v) is 11.0. The van der Waals surface area contributed by atoms with E-state index in [9.17, 15) is 5.11 Å². The van der Waals surface area contributed by atoms with Gasteiger partial charge < -0.3 is 21.6 Å². The molecule has 5 N–H and O–H groups in total. The number of thioether (sulfide) groups is 1. The molecule has 29 heavy (non-hydrogen) atoms. The van der Waals surface area contributed by atoms with Gasteiger partial charge in [-0.1, -0.05) is 59.0 Å². The maximum absolute atomic E-state index is 9.78. The predicted molar refractivity (Wildman–Crippen MR) is 122 cm³/mol. The van der Waals surface area contributed by atoms with Gasteiger partial charge in [0.05, 0.1) is 12.6 Å². The molecule has 0 spiro atoms. The minimum Gasteiger partial charge on any atom is -0.394 e. The van der Waals surface area contributed by atoms with E-state index in [0.717, 1.165) is 10.3 Å². The fourth-order valence-corrected chi connectivity index (χ4v) is 4.52. The van der Waals surface area contributed by atoms with Crippen LogP contribution in [0.2, 0.25) is 5.02 Å². The summed E-state index contributed by atoms with van der Waals surface area (Å²) >= 11 is 8.97. The van der Waals surface area contributed by atoms with E-state index in [1.54, 1.807) is 6.08 Å². The number of nitrogens with two attached hydrogens (primary N) is 1. The highest BCUT2D eigenvalue weighted by atomic mass is 35.5. The van der Waals surface area contributed by atoms with Gasteiger partial charge >= 0.3 is 0 Å². The molecule has 2 atom stereocenters. The Bertz CT molecular complexity index is 1000. The lowest BCUT2D eigenvalue weighted by Gasteiger charge is -2.19. The summed E-state index contributed by atoms with van der Waals surface area (Å²) in [6.07, 6.45) is 3.51. The standard InChI is InChI=1S/C19H21ClN6OS2/c1-2-11(8-21)7-13(9-27)23-16-15-17(24-18(22)29-15)26-19(25-16)28-10-12-5-3-4-6-14(12)20/h2-6,8,11,13,21,27H,1,7,9-10H2,(H3,22,23,24,25,26)/t11?,13-/m1/s1. The van der Waals surface area contributed by atoms with Gasteiger partial charge in [0.1, 0.15) is 4.70 Å². The Morgan fingerprint density at radius 2 is 2.14 bits per heavy atom. The van der Waals surface area contributed by atoms with Crippen LogP contribution in [0.15, 0.2) is 42.1 Å². The number of hydrogen-bond donors (Lipinski definition) is 4. The van der Waals surface area contributed by atoms with Crippen molar-refractivity contribution in [1.82, 2.24) is 15.0 Å². The van der Waals surface area contributed by atoms with E-state index < -0.39 is 0 Å². The molecule has 152 valence electrons. The second kappa shape index (κ2) is 10.0. The predicted octanol–water partition coefficient (Wildman–Crippen LogP) is 4.23. The van der Waals surface area contributed by atoms with Crippen LogP contribution in [-0.2, 0) is 5.75 Å². The van der Waals surface area contributed by atoms with Crippen molar-refractivity contribution < 1.29 is 5.11 Å². The van der Waals surface area contributed by atoms with Crippen LogP contribution in [0.25, 0.3) is 10.3 Å². The van der Waals surface area contributed by atoms with Gasteiger partial charge in [0, 0.05) is 22.9 Å². The largest absolute Gasteiger partial charge is 0.394 e. The summed E-state index contributed by atoms with van der Waals surface area (Å²) in [5.41, 5.74) is 7.38. The van der Waals surface area contributed by atoms with Crippen molar-refractivity contribution in [2.24, 2.45) is 5.92 Å². The van der Waals surface area contributed by atoms with Crippen LogP contribution in [0.4, 0.5) is 10.9 Å². The molecule has 3 rings (SSSR count). The molecule has 3 aromatic rings. The lowest BCUT2D eigenvalue weighted by Crippen LogP contribution is -2.27. The second-order valence-corrected chi connectivity index (χ2v) is 8.65. The Morgan fingerprint density at radius 3 is 2.83 bits per heavy atom. The molecule has 0 saturated heterocycles. The molecular formula is C19H21ClN6OS2. The number of nitrogens with zero attached hydrogens (tertiary/aromatic N) is 3. The molecule has 10 heteroatoms. The van der Waals surface area contributed by atoms with Crippen LogP contribution in [-0.4, -0.2) is 38.9 Å². The number of benzene rings is 1. The Balaban J connectivity index is 1.86. The maximum atomic E-state index is 9.78. The first kappa shape index (κ1) is 21.5. The Hall–Kier alpha value is -2.20. The number of halogens is 1. The summed E-state index contributed by atoms with van der Waals surface area (Å²) in [6, 6.07) is 7.33. The number of fused-ring (bicyclic) bond motifs is 1. The van der Waals surface area contributed by atoms with Crippen molar-refractivity contribution in [3.63, 3.8) is 0 Å². The van der Waals surface area contributed by atoms with Gasteiger partial charge in [-0.15, -0.1) is 6.58 Å². The topological polar surface area (TPSA) is 121 Å². The summed E-state index contributed by atoms with van der Waals surface area (Å²) < 4.78 is 0.730. The Kier molecular flexibility index (Phi) is 7.43. The number of thiazole rings is 1.